The number of hydrogen-bond donors (Lipinski definition) is 3. The molecule has 2 aromatic carbocycles. The summed E-state index contributed by atoms with van der Waals surface area (Å²) in [5.74, 6) is 0.342. The first-order chi connectivity index (χ1) is 16.0. The molecular weight excluding hydrogens is 418 g/mol. The number of aliphatic hydroxyl groups is 1. The van der Waals surface area contributed by atoms with Gasteiger partial charge in [-0.25, -0.2) is 5.48 Å². The van der Waals surface area contributed by atoms with Crippen LogP contribution in [0.4, 0.5) is 0 Å². The third-order valence-electron chi connectivity index (χ3n) is 6.00. The summed E-state index contributed by atoms with van der Waals surface area (Å²) in [6, 6.07) is 14.8. The molecular formula is C26H35N3O4. The number of rotatable bonds is 12. The minimum Gasteiger partial charge on any atom is -0.492 e. The predicted molar refractivity (Wildman–Crippen MR) is 129 cm³/mol. The fourth-order valence-corrected chi connectivity index (χ4v) is 4.23. The summed E-state index contributed by atoms with van der Waals surface area (Å²) in [4.78, 5) is 15.7. The van der Waals surface area contributed by atoms with Crippen molar-refractivity contribution in [3.63, 3.8) is 0 Å². The minimum absolute atomic E-state index is 0.127. The third kappa shape index (κ3) is 7.40. The largest absolute Gasteiger partial charge is 0.492 e. The van der Waals surface area contributed by atoms with Gasteiger partial charge in [0.15, 0.2) is 0 Å². The molecule has 0 bridgehead atoms. The summed E-state index contributed by atoms with van der Waals surface area (Å²) < 4.78 is 5.78. The molecule has 0 fully saturated rings. The summed E-state index contributed by atoms with van der Waals surface area (Å²) in [5, 5.41) is 18.3. The van der Waals surface area contributed by atoms with Gasteiger partial charge in [0.2, 0.25) is 0 Å². The molecule has 1 aliphatic carbocycles. The molecule has 3 N–H and O–H groups in total. The predicted octanol–water partition coefficient (Wildman–Crippen LogP) is 2.67. The first-order valence-corrected chi connectivity index (χ1v) is 11.5. The van der Waals surface area contributed by atoms with Crippen LogP contribution in [0.2, 0.25) is 0 Å². The van der Waals surface area contributed by atoms with Gasteiger partial charge in [0, 0.05) is 31.8 Å². The second kappa shape index (κ2) is 12.5. The highest BCUT2D eigenvalue weighted by molar-refractivity contribution is 5.90. The van der Waals surface area contributed by atoms with E-state index in [1.54, 1.807) is 11.6 Å². The number of nitrogens with zero attached hydrogens (tertiary/aromatic N) is 2. The van der Waals surface area contributed by atoms with Crippen molar-refractivity contribution >= 4 is 12.0 Å². The number of aliphatic hydroxyl groups excluding tert-OH is 1. The number of hydrogen-bond acceptors (Lipinski definition) is 6. The van der Waals surface area contributed by atoms with Crippen LogP contribution in [0.1, 0.15) is 34.7 Å². The summed E-state index contributed by atoms with van der Waals surface area (Å²) >= 11 is 0. The van der Waals surface area contributed by atoms with Crippen LogP contribution in [0.15, 0.2) is 48.5 Å². The normalized spacial score (nSPS) is 15.4. The molecule has 0 aromatic heterocycles. The number of hydroxylamine groups is 1. The summed E-state index contributed by atoms with van der Waals surface area (Å²) in [5.41, 5.74) is 6.34. The Morgan fingerprint density at radius 2 is 1.94 bits per heavy atom. The van der Waals surface area contributed by atoms with Crippen LogP contribution in [0.25, 0.3) is 6.08 Å². The molecule has 1 unspecified atom stereocenters. The Labute approximate surface area is 196 Å². The molecule has 1 atom stereocenters. The van der Waals surface area contributed by atoms with Crippen LogP contribution < -0.4 is 10.2 Å². The molecule has 0 saturated carbocycles. The minimum atomic E-state index is -0.546. The second-order valence-electron chi connectivity index (χ2n) is 8.63. The summed E-state index contributed by atoms with van der Waals surface area (Å²) in [7, 11) is 4.06. The van der Waals surface area contributed by atoms with Crippen molar-refractivity contribution in [2.75, 3.05) is 46.9 Å². The van der Waals surface area contributed by atoms with Crippen LogP contribution in [0.5, 0.6) is 5.75 Å². The highest BCUT2D eigenvalue weighted by atomic mass is 16.5. The molecule has 0 aliphatic heterocycles. The lowest BCUT2D eigenvalue weighted by atomic mass is 10.0. The smallest absolute Gasteiger partial charge is 0.267 e. The van der Waals surface area contributed by atoms with Crippen molar-refractivity contribution in [3.05, 3.63) is 70.8 Å². The molecule has 3 rings (SSSR count). The van der Waals surface area contributed by atoms with Crippen molar-refractivity contribution in [1.82, 2.24) is 15.3 Å². The number of benzene rings is 2. The van der Waals surface area contributed by atoms with E-state index in [0.717, 1.165) is 43.7 Å². The van der Waals surface area contributed by atoms with E-state index in [4.69, 9.17) is 9.94 Å². The Bertz CT molecular complexity index is 928. The van der Waals surface area contributed by atoms with Gasteiger partial charge in [-0.2, -0.15) is 0 Å². The number of aryl methyl sites for hydroxylation is 1. The second-order valence-corrected chi connectivity index (χ2v) is 8.63. The Balaban J connectivity index is 1.60. The number of fused-ring (bicyclic) bond motifs is 1. The van der Waals surface area contributed by atoms with Gasteiger partial charge in [0.1, 0.15) is 12.4 Å². The lowest BCUT2D eigenvalue weighted by Gasteiger charge is -2.29. The molecule has 7 nitrogen and oxygen atoms in total. The van der Waals surface area contributed by atoms with E-state index in [-0.39, 0.29) is 12.6 Å². The number of carbonyl (C=O) groups excluding carboxylic acids is 1. The van der Waals surface area contributed by atoms with E-state index < -0.39 is 5.91 Å². The van der Waals surface area contributed by atoms with Crippen LogP contribution in [0.3, 0.4) is 0 Å². The lowest BCUT2D eigenvalue weighted by Crippen LogP contribution is -2.32. The quantitative estimate of drug-likeness (QED) is 0.260. The molecule has 178 valence electrons. The first kappa shape index (κ1) is 24.9. The van der Waals surface area contributed by atoms with Gasteiger partial charge in [-0.05, 0) is 73.8 Å². The van der Waals surface area contributed by atoms with Gasteiger partial charge in [-0.3, -0.25) is 14.9 Å². The molecule has 7 heteroatoms. The molecule has 1 aliphatic rings. The molecule has 0 radical (unpaired) electrons. The number of nitrogens with one attached hydrogen (secondary N) is 1. The lowest BCUT2D eigenvalue weighted by molar-refractivity contribution is -0.124. The average Bonchev–Trinajstić information content (AvgIpc) is 3.24. The Kier molecular flexibility index (Phi) is 9.45. The van der Waals surface area contributed by atoms with Gasteiger partial charge in [0.05, 0.1) is 6.61 Å². The highest BCUT2D eigenvalue weighted by Gasteiger charge is 2.27. The fraction of sp³-hybridized carbons (Fsp3) is 0.423. The zero-order valence-electron chi connectivity index (χ0n) is 19.5. The van der Waals surface area contributed by atoms with Gasteiger partial charge in [-0.1, -0.05) is 30.3 Å². The van der Waals surface area contributed by atoms with E-state index in [9.17, 15) is 9.90 Å². The van der Waals surface area contributed by atoms with Crippen molar-refractivity contribution < 1.29 is 19.8 Å². The number of carbonyl (C=O) groups is 1. The zero-order valence-corrected chi connectivity index (χ0v) is 19.5. The van der Waals surface area contributed by atoms with E-state index >= 15 is 0 Å². The average molecular weight is 454 g/mol. The fourth-order valence-electron chi connectivity index (χ4n) is 4.23. The van der Waals surface area contributed by atoms with Crippen LogP contribution >= 0.6 is 0 Å². The highest BCUT2D eigenvalue weighted by Crippen LogP contribution is 2.36. The van der Waals surface area contributed by atoms with Crippen LogP contribution in [-0.4, -0.2) is 73.0 Å². The van der Waals surface area contributed by atoms with Crippen molar-refractivity contribution in [3.8, 4) is 5.75 Å². The van der Waals surface area contributed by atoms with E-state index in [1.165, 1.54) is 22.8 Å². The topological polar surface area (TPSA) is 85.3 Å². The summed E-state index contributed by atoms with van der Waals surface area (Å²) in [6.07, 6.45) is 5.89. The Morgan fingerprint density at radius 3 is 2.64 bits per heavy atom. The van der Waals surface area contributed by atoms with E-state index in [2.05, 4.69) is 34.1 Å². The zero-order chi connectivity index (χ0) is 23.6. The van der Waals surface area contributed by atoms with Crippen LogP contribution in [-0.2, 0) is 17.6 Å². The standard InChI is InChI=1S/C26H35N3O4/c1-28(2)16-18-33-23-8-3-20(4-9-23)13-14-29(15-17-30)25-11-7-22-19-21(5-10-24(22)25)6-12-26(31)27-32/h3-6,8-10,12,19,25,30,32H,7,11,13-18H2,1-2H3,(H,27,31)/b12-6+. The van der Waals surface area contributed by atoms with Crippen molar-refractivity contribution in [2.24, 2.45) is 0 Å². The summed E-state index contributed by atoms with van der Waals surface area (Å²) in [6.45, 7) is 3.18. The maximum atomic E-state index is 11.2. The molecule has 0 spiro atoms. The van der Waals surface area contributed by atoms with Crippen LogP contribution in [0, 0.1) is 0 Å². The molecule has 33 heavy (non-hydrogen) atoms. The molecule has 0 heterocycles. The molecule has 0 saturated heterocycles. The molecule has 1 amide bonds. The monoisotopic (exact) mass is 453 g/mol. The maximum absolute atomic E-state index is 11.2. The van der Waals surface area contributed by atoms with Gasteiger partial charge in [0.25, 0.3) is 5.91 Å². The van der Waals surface area contributed by atoms with Gasteiger partial charge < -0.3 is 14.7 Å². The molecule has 2 aromatic rings. The van der Waals surface area contributed by atoms with Crippen molar-refractivity contribution in [1.29, 1.82) is 0 Å². The first-order valence-electron chi connectivity index (χ1n) is 11.5. The Hall–Kier alpha value is -2.71. The van der Waals surface area contributed by atoms with Gasteiger partial charge >= 0.3 is 0 Å². The van der Waals surface area contributed by atoms with E-state index in [1.807, 2.05) is 32.3 Å². The number of amides is 1. The number of ether oxygens (including phenoxy) is 1. The maximum Gasteiger partial charge on any atom is 0.267 e. The SMILES string of the molecule is CN(C)CCOc1ccc(CCN(CCO)C2CCc3cc(/C=C/C(=O)NO)ccc32)cc1. The van der Waals surface area contributed by atoms with Crippen molar-refractivity contribution in [2.45, 2.75) is 25.3 Å². The van der Waals surface area contributed by atoms with Gasteiger partial charge in [-0.15, -0.1) is 0 Å². The Morgan fingerprint density at radius 1 is 1.15 bits per heavy atom. The number of likely N-dealkylation sites (N-methyl/N-ethyl adjacent to an activating group) is 1. The third-order valence-corrected chi connectivity index (χ3v) is 6.00. The van der Waals surface area contributed by atoms with E-state index in [0.29, 0.717) is 13.2 Å².